The molecular weight excluding hydrogens is 308 g/mol. The molecule has 0 spiro atoms. The Morgan fingerprint density at radius 2 is 1.70 bits per heavy atom. The second kappa shape index (κ2) is 6.63. The Bertz CT molecular complexity index is 721. The number of hydrogen-bond acceptors (Lipinski definition) is 2. The molecule has 0 aliphatic carbocycles. The summed E-state index contributed by atoms with van der Waals surface area (Å²) in [6.07, 6.45) is 0. The standard InChI is InChI=1S/C19H21ClN2O/c1-14-6-7-18(12-15(14)2)21-8-10-22(11-9-21)19(23)16-4-3-5-17(20)13-16/h3-7,12-13H,8-11H2,1-2H3. The molecule has 1 fully saturated rings. The lowest BCUT2D eigenvalue weighted by Crippen LogP contribution is -2.48. The highest BCUT2D eigenvalue weighted by Crippen LogP contribution is 2.21. The Labute approximate surface area is 142 Å². The Morgan fingerprint density at radius 3 is 2.35 bits per heavy atom. The van der Waals surface area contributed by atoms with Crippen molar-refractivity contribution in [2.75, 3.05) is 31.1 Å². The van der Waals surface area contributed by atoms with Crippen LogP contribution in [0.25, 0.3) is 0 Å². The lowest BCUT2D eigenvalue weighted by atomic mass is 10.1. The summed E-state index contributed by atoms with van der Waals surface area (Å²) in [5, 5.41) is 0.601. The third-order valence-corrected chi connectivity index (χ3v) is 4.73. The molecule has 0 bridgehead atoms. The minimum Gasteiger partial charge on any atom is -0.368 e. The van der Waals surface area contributed by atoms with Gasteiger partial charge in [0.1, 0.15) is 0 Å². The smallest absolute Gasteiger partial charge is 0.254 e. The van der Waals surface area contributed by atoms with Gasteiger partial charge in [0, 0.05) is 42.5 Å². The van der Waals surface area contributed by atoms with Crippen LogP contribution in [0.1, 0.15) is 21.5 Å². The molecule has 2 aromatic carbocycles. The first-order chi connectivity index (χ1) is 11.0. The molecule has 1 saturated heterocycles. The van der Waals surface area contributed by atoms with E-state index in [1.165, 1.54) is 16.8 Å². The number of benzene rings is 2. The van der Waals surface area contributed by atoms with Crippen LogP contribution in [0.4, 0.5) is 5.69 Å². The average molecular weight is 329 g/mol. The monoisotopic (exact) mass is 328 g/mol. The van der Waals surface area contributed by atoms with Gasteiger partial charge in [0.25, 0.3) is 5.91 Å². The van der Waals surface area contributed by atoms with Crippen LogP contribution in [0, 0.1) is 13.8 Å². The lowest BCUT2D eigenvalue weighted by molar-refractivity contribution is 0.0747. The fourth-order valence-corrected chi connectivity index (χ4v) is 3.08. The van der Waals surface area contributed by atoms with Crippen molar-refractivity contribution in [1.82, 2.24) is 4.90 Å². The zero-order valence-electron chi connectivity index (χ0n) is 13.6. The molecule has 1 aliphatic rings. The van der Waals surface area contributed by atoms with Gasteiger partial charge in [-0.05, 0) is 55.3 Å². The highest BCUT2D eigenvalue weighted by molar-refractivity contribution is 6.30. The van der Waals surface area contributed by atoms with Gasteiger partial charge in [0.15, 0.2) is 0 Å². The lowest BCUT2D eigenvalue weighted by Gasteiger charge is -2.36. The average Bonchev–Trinajstić information content (AvgIpc) is 2.57. The molecule has 1 heterocycles. The number of halogens is 1. The molecule has 3 nitrogen and oxygen atoms in total. The van der Waals surface area contributed by atoms with Crippen molar-refractivity contribution >= 4 is 23.2 Å². The van der Waals surface area contributed by atoms with E-state index in [2.05, 4.69) is 36.9 Å². The number of piperazine rings is 1. The summed E-state index contributed by atoms with van der Waals surface area (Å²) in [4.78, 5) is 16.8. The molecule has 0 saturated carbocycles. The molecule has 4 heteroatoms. The molecule has 0 aromatic heterocycles. The number of nitrogens with zero attached hydrogens (tertiary/aromatic N) is 2. The first-order valence-corrected chi connectivity index (χ1v) is 8.29. The Hall–Kier alpha value is -2.00. The highest BCUT2D eigenvalue weighted by atomic mass is 35.5. The van der Waals surface area contributed by atoms with Crippen LogP contribution in [-0.2, 0) is 0 Å². The van der Waals surface area contributed by atoms with E-state index in [1.807, 2.05) is 17.0 Å². The van der Waals surface area contributed by atoms with E-state index >= 15 is 0 Å². The van der Waals surface area contributed by atoms with Gasteiger partial charge in [-0.25, -0.2) is 0 Å². The number of carbonyl (C=O) groups is 1. The van der Waals surface area contributed by atoms with Crippen LogP contribution in [0.5, 0.6) is 0 Å². The predicted molar refractivity (Wildman–Crippen MR) is 95.5 cm³/mol. The summed E-state index contributed by atoms with van der Waals surface area (Å²) in [5.41, 5.74) is 4.52. The van der Waals surface area contributed by atoms with E-state index in [1.54, 1.807) is 12.1 Å². The third-order valence-electron chi connectivity index (χ3n) is 4.49. The Balaban J connectivity index is 1.66. The maximum atomic E-state index is 12.5. The summed E-state index contributed by atoms with van der Waals surface area (Å²) in [5.74, 6) is 0.0623. The van der Waals surface area contributed by atoms with Crippen molar-refractivity contribution in [2.45, 2.75) is 13.8 Å². The van der Waals surface area contributed by atoms with E-state index in [0.717, 1.165) is 26.2 Å². The van der Waals surface area contributed by atoms with E-state index in [0.29, 0.717) is 10.6 Å². The van der Waals surface area contributed by atoms with Gasteiger partial charge in [-0.1, -0.05) is 23.7 Å². The number of amides is 1. The van der Waals surface area contributed by atoms with Crippen LogP contribution in [0.15, 0.2) is 42.5 Å². The van der Waals surface area contributed by atoms with Crippen molar-refractivity contribution in [3.8, 4) is 0 Å². The van der Waals surface area contributed by atoms with Crippen molar-refractivity contribution in [1.29, 1.82) is 0 Å². The van der Waals surface area contributed by atoms with Gasteiger partial charge < -0.3 is 9.80 Å². The summed E-state index contributed by atoms with van der Waals surface area (Å²) in [6, 6.07) is 13.7. The molecule has 120 valence electrons. The zero-order valence-corrected chi connectivity index (χ0v) is 14.3. The van der Waals surface area contributed by atoms with E-state index in [9.17, 15) is 4.79 Å². The van der Waals surface area contributed by atoms with E-state index in [4.69, 9.17) is 11.6 Å². The molecule has 23 heavy (non-hydrogen) atoms. The zero-order chi connectivity index (χ0) is 16.4. The Kier molecular flexibility index (Phi) is 4.58. The van der Waals surface area contributed by atoms with Gasteiger partial charge in [-0.15, -0.1) is 0 Å². The number of anilines is 1. The molecule has 1 aliphatic heterocycles. The number of hydrogen-bond donors (Lipinski definition) is 0. The highest BCUT2D eigenvalue weighted by Gasteiger charge is 2.22. The molecule has 0 radical (unpaired) electrons. The van der Waals surface area contributed by atoms with E-state index < -0.39 is 0 Å². The molecule has 2 aromatic rings. The van der Waals surface area contributed by atoms with Crippen LogP contribution < -0.4 is 4.90 Å². The normalized spacial score (nSPS) is 14.9. The van der Waals surface area contributed by atoms with Gasteiger partial charge in [0.05, 0.1) is 0 Å². The molecule has 1 amide bonds. The van der Waals surface area contributed by atoms with Crippen LogP contribution >= 0.6 is 11.6 Å². The molecular formula is C19H21ClN2O. The number of carbonyl (C=O) groups excluding carboxylic acids is 1. The summed E-state index contributed by atoms with van der Waals surface area (Å²) >= 11 is 5.98. The van der Waals surface area contributed by atoms with E-state index in [-0.39, 0.29) is 5.91 Å². The quantitative estimate of drug-likeness (QED) is 0.834. The summed E-state index contributed by atoms with van der Waals surface area (Å²) in [7, 11) is 0. The number of aryl methyl sites for hydroxylation is 2. The Morgan fingerprint density at radius 1 is 0.957 bits per heavy atom. The largest absolute Gasteiger partial charge is 0.368 e. The minimum absolute atomic E-state index is 0.0623. The predicted octanol–water partition coefficient (Wildman–Crippen LogP) is 3.92. The third kappa shape index (κ3) is 3.50. The van der Waals surface area contributed by atoms with Crippen LogP contribution in [-0.4, -0.2) is 37.0 Å². The fourth-order valence-electron chi connectivity index (χ4n) is 2.89. The maximum absolute atomic E-state index is 12.5. The van der Waals surface area contributed by atoms with Gasteiger partial charge in [0.2, 0.25) is 0 Å². The summed E-state index contributed by atoms with van der Waals surface area (Å²) in [6.45, 7) is 7.44. The van der Waals surface area contributed by atoms with Gasteiger partial charge in [-0.3, -0.25) is 4.79 Å². The van der Waals surface area contributed by atoms with Gasteiger partial charge in [-0.2, -0.15) is 0 Å². The second-order valence-corrected chi connectivity index (χ2v) is 6.49. The van der Waals surface area contributed by atoms with Crippen molar-refractivity contribution in [2.24, 2.45) is 0 Å². The van der Waals surface area contributed by atoms with Crippen LogP contribution in [0.2, 0.25) is 5.02 Å². The van der Waals surface area contributed by atoms with Crippen molar-refractivity contribution < 1.29 is 4.79 Å². The molecule has 3 rings (SSSR count). The SMILES string of the molecule is Cc1ccc(N2CCN(C(=O)c3cccc(Cl)c3)CC2)cc1C. The minimum atomic E-state index is 0.0623. The summed E-state index contributed by atoms with van der Waals surface area (Å²) < 4.78 is 0. The van der Waals surface area contributed by atoms with Crippen molar-refractivity contribution in [3.63, 3.8) is 0 Å². The van der Waals surface area contributed by atoms with Crippen LogP contribution in [0.3, 0.4) is 0 Å². The number of rotatable bonds is 2. The molecule has 0 N–H and O–H groups in total. The second-order valence-electron chi connectivity index (χ2n) is 6.06. The maximum Gasteiger partial charge on any atom is 0.254 e. The first kappa shape index (κ1) is 15.9. The molecule has 0 unspecified atom stereocenters. The van der Waals surface area contributed by atoms with Crippen molar-refractivity contribution in [3.05, 3.63) is 64.2 Å². The fraction of sp³-hybridized carbons (Fsp3) is 0.316. The van der Waals surface area contributed by atoms with Gasteiger partial charge >= 0.3 is 0 Å². The topological polar surface area (TPSA) is 23.6 Å². The molecule has 0 atom stereocenters. The first-order valence-electron chi connectivity index (χ1n) is 7.91.